The maximum atomic E-state index is 11.0. The Balaban J connectivity index is 2.45. The van der Waals surface area contributed by atoms with E-state index >= 15 is 0 Å². The average molecular weight is 309 g/mol. The van der Waals surface area contributed by atoms with Crippen LogP contribution in [0.25, 0.3) is 0 Å². The molecular formula is C16H27N3O3. The molecule has 0 bridgehead atoms. The Morgan fingerprint density at radius 2 is 2.09 bits per heavy atom. The topological polar surface area (TPSA) is 101 Å². The van der Waals surface area contributed by atoms with Crippen LogP contribution in [0.2, 0.25) is 0 Å². The van der Waals surface area contributed by atoms with E-state index in [1.54, 1.807) is 12.1 Å². The van der Waals surface area contributed by atoms with Gasteiger partial charge in [-0.3, -0.25) is 10.1 Å². The van der Waals surface area contributed by atoms with Gasteiger partial charge in [0.2, 0.25) is 0 Å². The normalized spacial score (nSPS) is 13.9. The van der Waals surface area contributed by atoms with E-state index in [1.807, 2.05) is 20.8 Å². The van der Waals surface area contributed by atoms with Gasteiger partial charge in [0.25, 0.3) is 5.69 Å². The van der Waals surface area contributed by atoms with Crippen molar-refractivity contribution in [3.63, 3.8) is 0 Å². The second-order valence-electron chi connectivity index (χ2n) is 6.21. The van der Waals surface area contributed by atoms with Gasteiger partial charge in [-0.2, -0.15) is 0 Å². The molecule has 1 aromatic rings. The van der Waals surface area contributed by atoms with Gasteiger partial charge in [-0.05, 0) is 43.7 Å². The summed E-state index contributed by atoms with van der Waals surface area (Å²) in [6, 6.07) is 4.75. The van der Waals surface area contributed by atoms with Gasteiger partial charge in [0, 0.05) is 18.7 Å². The summed E-state index contributed by atoms with van der Waals surface area (Å²) in [7, 11) is 0. The van der Waals surface area contributed by atoms with E-state index in [4.69, 9.17) is 5.73 Å². The quantitative estimate of drug-likeness (QED) is 0.370. The third-order valence-corrected chi connectivity index (χ3v) is 3.59. The first kappa shape index (κ1) is 18.4. The number of aliphatic hydroxyl groups excluding tert-OH is 1. The molecule has 0 heterocycles. The fourth-order valence-corrected chi connectivity index (χ4v) is 2.36. The third-order valence-electron chi connectivity index (χ3n) is 3.59. The van der Waals surface area contributed by atoms with E-state index in [0.29, 0.717) is 31.0 Å². The van der Waals surface area contributed by atoms with Crippen LogP contribution in [0.3, 0.4) is 0 Å². The van der Waals surface area contributed by atoms with Gasteiger partial charge < -0.3 is 16.2 Å². The number of nitrogens with one attached hydrogen (secondary N) is 1. The van der Waals surface area contributed by atoms with Crippen molar-refractivity contribution in [2.45, 2.75) is 52.2 Å². The second kappa shape index (κ2) is 8.70. The van der Waals surface area contributed by atoms with Gasteiger partial charge in [0.1, 0.15) is 5.69 Å². The molecule has 0 fully saturated rings. The zero-order valence-corrected chi connectivity index (χ0v) is 13.6. The van der Waals surface area contributed by atoms with Crippen molar-refractivity contribution in [3.8, 4) is 0 Å². The van der Waals surface area contributed by atoms with Crippen LogP contribution in [0.4, 0.5) is 11.4 Å². The van der Waals surface area contributed by atoms with Crippen molar-refractivity contribution >= 4 is 11.4 Å². The Morgan fingerprint density at radius 3 is 2.68 bits per heavy atom. The van der Waals surface area contributed by atoms with E-state index < -0.39 is 6.10 Å². The molecule has 0 aliphatic rings. The van der Waals surface area contributed by atoms with Crippen molar-refractivity contribution in [1.82, 2.24) is 0 Å². The summed E-state index contributed by atoms with van der Waals surface area (Å²) in [6.45, 7) is 6.59. The number of benzene rings is 1. The minimum atomic E-state index is -0.492. The fraction of sp³-hybridized carbons (Fsp3) is 0.625. The summed E-state index contributed by atoms with van der Waals surface area (Å²) in [6.07, 6.45) is 1.63. The zero-order valence-electron chi connectivity index (χ0n) is 13.6. The summed E-state index contributed by atoms with van der Waals surface area (Å²) in [5, 5.41) is 24.0. The minimum absolute atomic E-state index is 0.0785. The van der Waals surface area contributed by atoms with Crippen molar-refractivity contribution in [3.05, 3.63) is 33.9 Å². The van der Waals surface area contributed by atoms with Crippen LogP contribution in [-0.4, -0.2) is 28.7 Å². The summed E-state index contributed by atoms with van der Waals surface area (Å²) in [5.41, 5.74) is 7.54. The SMILES string of the molecule is Cc1ccc([N+](=O)[O-])c(NCCCC(N)C(O)CC(C)C)c1. The Kier molecular flexibility index (Phi) is 7.27. The molecule has 1 rings (SSSR count). The standard InChI is InChI=1S/C16H27N3O3/c1-11(2)9-16(20)13(17)5-4-8-18-14-10-12(3)6-7-15(14)19(21)22/h6-7,10-11,13,16,18,20H,4-5,8-9,17H2,1-3H3. The van der Waals surface area contributed by atoms with Crippen LogP contribution in [0, 0.1) is 23.0 Å². The number of nitro groups is 1. The molecule has 0 saturated heterocycles. The smallest absolute Gasteiger partial charge is 0.292 e. The van der Waals surface area contributed by atoms with E-state index in [-0.39, 0.29) is 16.7 Å². The van der Waals surface area contributed by atoms with Gasteiger partial charge in [0.15, 0.2) is 0 Å². The number of nitrogens with two attached hydrogens (primary N) is 1. The second-order valence-corrected chi connectivity index (χ2v) is 6.21. The number of anilines is 1. The fourth-order valence-electron chi connectivity index (χ4n) is 2.36. The zero-order chi connectivity index (χ0) is 16.7. The highest BCUT2D eigenvalue weighted by Crippen LogP contribution is 2.25. The highest BCUT2D eigenvalue weighted by Gasteiger charge is 2.16. The molecule has 0 spiro atoms. The molecule has 6 nitrogen and oxygen atoms in total. The highest BCUT2D eigenvalue weighted by atomic mass is 16.6. The van der Waals surface area contributed by atoms with Crippen molar-refractivity contribution in [1.29, 1.82) is 0 Å². The molecule has 0 amide bonds. The third kappa shape index (κ3) is 5.99. The largest absolute Gasteiger partial charge is 0.392 e. The number of hydrogen-bond donors (Lipinski definition) is 3. The lowest BCUT2D eigenvalue weighted by atomic mass is 9.97. The van der Waals surface area contributed by atoms with E-state index in [0.717, 1.165) is 12.0 Å². The average Bonchev–Trinajstić information content (AvgIpc) is 2.42. The van der Waals surface area contributed by atoms with Crippen molar-refractivity contribution in [2.24, 2.45) is 11.7 Å². The Bertz CT molecular complexity index is 492. The Hall–Kier alpha value is -1.66. The van der Waals surface area contributed by atoms with Gasteiger partial charge in [-0.25, -0.2) is 0 Å². The molecule has 4 N–H and O–H groups in total. The van der Waals surface area contributed by atoms with Crippen molar-refractivity contribution < 1.29 is 10.0 Å². The summed E-state index contributed by atoms with van der Waals surface area (Å²) < 4.78 is 0. The van der Waals surface area contributed by atoms with Gasteiger partial charge in [-0.1, -0.05) is 19.9 Å². The maximum absolute atomic E-state index is 11.0. The number of aliphatic hydroxyl groups is 1. The van der Waals surface area contributed by atoms with Crippen LogP contribution in [0.5, 0.6) is 0 Å². The first-order valence-corrected chi connectivity index (χ1v) is 7.73. The van der Waals surface area contributed by atoms with Crippen molar-refractivity contribution in [2.75, 3.05) is 11.9 Å². The van der Waals surface area contributed by atoms with Crippen LogP contribution in [-0.2, 0) is 0 Å². The predicted molar refractivity (Wildman–Crippen MR) is 89.0 cm³/mol. The predicted octanol–water partition coefficient (Wildman–Crippen LogP) is 2.83. The molecular weight excluding hydrogens is 282 g/mol. The van der Waals surface area contributed by atoms with E-state index in [2.05, 4.69) is 5.32 Å². The highest BCUT2D eigenvalue weighted by molar-refractivity contribution is 5.62. The minimum Gasteiger partial charge on any atom is -0.392 e. The number of rotatable bonds is 9. The molecule has 0 saturated carbocycles. The molecule has 2 atom stereocenters. The molecule has 6 heteroatoms. The summed E-state index contributed by atoms with van der Waals surface area (Å²) in [5.74, 6) is 0.411. The molecule has 0 aliphatic carbocycles. The summed E-state index contributed by atoms with van der Waals surface area (Å²) >= 11 is 0. The first-order chi connectivity index (χ1) is 10.3. The van der Waals surface area contributed by atoms with Crippen LogP contribution in [0.15, 0.2) is 18.2 Å². The van der Waals surface area contributed by atoms with Gasteiger partial charge in [0.05, 0.1) is 11.0 Å². The molecule has 2 unspecified atom stereocenters. The van der Waals surface area contributed by atoms with Crippen LogP contribution in [0.1, 0.15) is 38.7 Å². The maximum Gasteiger partial charge on any atom is 0.292 e. The Morgan fingerprint density at radius 1 is 1.41 bits per heavy atom. The van der Waals surface area contributed by atoms with Gasteiger partial charge >= 0.3 is 0 Å². The first-order valence-electron chi connectivity index (χ1n) is 7.73. The lowest BCUT2D eigenvalue weighted by Gasteiger charge is -2.20. The number of nitro benzene ring substituents is 1. The number of aryl methyl sites for hydroxylation is 1. The number of nitrogens with zero attached hydrogens (tertiary/aromatic N) is 1. The lowest BCUT2D eigenvalue weighted by molar-refractivity contribution is -0.384. The molecule has 0 radical (unpaired) electrons. The van der Waals surface area contributed by atoms with E-state index in [1.165, 1.54) is 6.07 Å². The molecule has 22 heavy (non-hydrogen) atoms. The van der Waals surface area contributed by atoms with Gasteiger partial charge in [-0.15, -0.1) is 0 Å². The molecule has 124 valence electrons. The summed E-state index contributed by atoms with van der Waals surface area (Å²) in [4.78, 5) is 10.6. The monoisotopic (exact) mass is 309 g/mol. The lowest BCUT2D eigenvalue weighted by Crippen LogP contribution is -2.35. The van der Waals surface area contributed by atoms with Crippen LogP contribution >= 0.6 is 0 Å². The van der Waals surface area contributed by atoms with E-state index in [9.17, 15) is 15.2 Å². The number of hydrogen-bond acceptors (Lipinski definition) is 5. The molecule has 1 aromatic carbocycles. The van der Waals surface area contributed by atoms with Crippen LogP contribution < -0.4 is 11.1 Å². The molecule has 0 aliphatic heterocycles. The molecule has 0 aromatic heterocycles. The Labute approximate surface area is 131 Å².